The second-order valence-electron chi connectivity index (χ2n) is 6.01. The highest BCUT2D eigenvalue weighted by Gasteiger charge is 2.18. The van der Waals surface area contributed by atoms with Gasteiger partial charge in [-0.05, 0) is 55.5 Å². The molecule has 0 saturated carbocycles. The third-order valence-corrected chi connectivity index (χ3v) is 5.26. The molecule has 0 unspecified atom stereocenters. The Morgan fingerprint density at radius 1 is 1.07 bits per heavy atom. The second-order valence-corrected chi connectivity index (χ2v) is 7.42. The van der Waals surface area contributed by atoms with Gasteiger partial charge in [0, 0.05) is 10.6 Å². The molecule has 4 aromatic rings. The van der Waals surface area contributed by atoms with E-state index in [0.717, 1.165) is 11.4 Å². The summed E-state index contributed by atoms with van der Waals surface area (Å²) in [5, 5.41) is 20.9. The number of carbonyl (C=O) groups is 1. The number of rotatable bonds is 5. The van der Waals surface area contributed by atoms with Gasteiger partial charge in [0.2, 0.25) is 5.13 Å². The van der Waals surface area contributed by atoms with Crippen molar-refractivity contribution in [3.8, 4) is 22.1 Å². The van der Waals surface area contributed by atoms with Crippen LogP contribution < -0.4 is 10.1 Å². The first-order valence-corrected chi connectivity index (χ1v) is 9.72. The molecule has 0 aliphatic carbocycles. The van der Waals surface area contributed by atoms with Crippen molar-refractivity contribution < 1.29 is 9.53 Å². The number of nitrogens with one attached hydrogen (secondary N) is 1. The van der Waals surface area contributed by atoms with E-state index >= 15 is 0 Å². The lowest BCUT2D eigenvalue weighted by Gasteiger charge is -2.03. The predicted molar refractivity (Wildman–Crippen MR) is 111 cm³/mol. The Morgan fingerprint density at radius 3 is 2.48 bits per heavy atom. The first kappa shape index (κ1) is 19.0. The van der Waals surface area contributed by atoms with E-state index in [1.165, 1.54) is 11.3 Å². The highest BCUT2D eigenvalue weighted by molar-refractivity contribution is 7.18. The maximum atomic E-state index is 12.4. The summed E-state index contributed by atoms with van der Waals surface area (Å²) in [7, 11) is 1.57. The topological polar surface area (TPSA) is 94.8 Å². The van der Waals surface area contributed by atoms with Crippen LogP contribution in [0.25, 0.3) is 16.4 Å². The minimum absolute atomic E-state index is 0.281. The number of aromatic nitrogens is 5. The lowest BCUT2D eigenvalue weighted by atomic mass is 10.2. The van der Waals surface area contributed by atoms with Gasteiger partial charge in [0.05, 0.1) is 18.5 Å². The van der Waals surface area contributed by atoms with Crippen LogP contribution in [0.15, 0.2) is 48.5 Å². The lowest BCUT2D eigenvalue weighted by molar-refractivity contribution is 0.102. The molecule has 146 valence electrons. The van der Waals surface area contributed by atoms with Crippen molar-refractivity contribution in [3.05, 3.63) is 64.8 Å². The van der Waals surface area contributed by atoms with Gasteiger partial charge in [0.25, 0.3) is 5.91 Å². The van der Waals surface area contributed by atoms with E-state index < -0.39 is 0 Å². The van der Waals surface area contributed by atoms with Crippen LogP contribution in [0.3, 0.4) is 0 Å². The highest BCUT2D eigenvalue weighted by atomic mass is 35.5. The van der Waals surface area contributed by atoms with E-state index in [1.807, 2.05) is 19.1 Å². The van der Waals surface area contributed by atoms with Crippen molar-refractivity contribution in [2.24, 2.45) is 0 Å². The largest absolute Gasteiger partial charge is 0.497 e. The Morgan fingerprint density at radius 2 is 1.79 bits per heavy atom. The van der Waals surface area contributed by atoms with E-state index in [0.29, 0.717) is 32.2 Å². The number of anilines is 1. The second kappa shape index (κ2) is 7.98. The van der Waals surface area contributed by atoms with E-state index in [2.05, 4.69) is 25.8 Å². The predicted octanol–water partition coefficient (Wildman–Crippen LogP) is 4.01. The van der Waals surface area contributed by atoms with Crippen LogP contribution in [0.4, 0.5) is 5.13 Å². The Kier molecular flexibility index (Phi) is 5.24. The number of benzene rings is 2. The number of methoxy groups -OCH3 is 1. The molecule has 0 bridgehead atoms. The lowest BCUT2D eigenvalue weighted by Crippen LogP contribution is -2.11. The zero-order chi connectivity index (χ0) is 20.4. The minimum Gasteiger partial charge on any atom is -0.497 e. The zero-order valence-corrected chi connectivity index (χ0v) is 17.0. The maximum Gasteiger partial charge on any atom is 0.257 e. The molecule has 1 N–H and O–H groups in total. The summed E-state index contributed by atoms with van der Waals surface area (Å²) in [4.78, 5) is 12.4. The smallest absolute Gasteiger partial charge is 0.257 e. The van der Waals surface area contributed by atoms with Crippen LogP contribution >= 0.6 is 22.9 Å². The highest BCUT2D eigenvalue weighted by Crippen LogP contribution is 2.28. The van der Waals surface area contributed by atoms with Gasteiger partial charge in [0.1, 0.15) is 11.4 Å². The maximum absolute atomic E-state index is 12.4. The number of hydrogen-bond acceptors (Lipinski definition) is 7. The van der Waals surface area contributed by atoms with Crippen LogP contribution in [0.5, 0.6) is 5.75 Å². The third-order valence-electron chi connectivity index (χ3n) is 4.17. The number of ether oxygens (including phenoxy) is 1. The summed E-state index contributed by atoms with van der Waals surface area (Å²) in [6.07, 6.45) is 0. The number of nitrogens with zero attached hydrogens (tertiary/aromatic N) is 5. The summed E-state index contributed by atoms with van der Waals surface area (Å²) in [5.74, 6) is 0.399. The van der Waals surface area contributed by atoms with Crippen molar-refractivity contribution in [2.75, 3.05) is 12.4 Å². The summed E-state index contributed by atoms with van der Waals surface area (Å²) < 4.78 is 6.79. The average Bonchev–Trinajstić information content (AvgIpc) is 3.35. The molecule has 4 rings (SSSR count). The van der Waals surface area contributed by atoms with Gasteiger partial charge in [-0.2, -0.15) is 0 Å². The molecule has 0 atom stereocenters. The van der Waals surface area contributed by atoms with Crippen LogP contribution in [0, 0.1) is 6.92 Å². The van der Waals surface area contributed by atoms with Crippen molar-refractivity contribution in [3.63, 3.8) is 0 Å². The Hall–Kier alpha value is -3.30. The van der Waals surface area contributed by atoms with Crippen molar-refractivity contribution in [1.29, 1.82) is 0 Å². The molecule has 8 nitrogen and oxygen atoms in total. The summed E-state index contributed by atoms with van der Waals surface area (Å²) in [5.41, 5.74) is 2.73. The van der Waals surface area contributed by atoms with E-state index in [4.69, 9.17) is 16.3 Å². The standard InChI is InChI=1S/C19H15ClN6O2S/c1-11-16(22-25-26(11)14-7-5-13(20)6-8-14)18-23-24-19(29-18)21-17(27)12-3-9-15(28-2)10-4-12/h3-10H,1-2H3,(H,21,24,27). The van der Waals surface area contributed by atoms with Crippen LogP contribution in [-0.4, -0.2) is 38.2 Å². The SMILES string of the molecule is COc1ccc(C(=O)Nc2nnc(-c3nnn(-c4ccc(Cl)cc4)c3C)s2)cc1. The quantitative estimate of drug-likeness (QED) is 0.518. The monoisotopic (exact) mass is 426 g/mol. The molecule has 2 aromatic heterocycles. The number of amides is 1. The summed E-state index contributed by atoms with van der Waals surface area (Å²) in [6, 6.07) is 14.1. The molecule has 0 radical (unpaired) electrons. The summed E-state index contributed by atoms with van der Waals surface area (Å²) in [6.45, 7) is 1.89. The van der Waals surface area contributed by atoms with E-state index in [1.54, 1.807) is 48.2 Å². The molecule has 0 aliphatic rings. The normalized spacial score (nSPS) is 10.7. The van der Waals surface area contributed by atoms with Crippen LogP contribution in [0.2, 0.25) is 5.02 Å². The average molecular weight is 427 g/mol. The number of hydrogen-bond donors (Lipinski definition) is 1. The Balaban J connectivity index is 1.53. The first-order chi connectivity index (χ1) is 14.0. The molecule has 0 saturated heterocycles. The fourth-order valence-corrected chi connectivity index (χ4v) is 3.54. The Bertz CT molecular complexity index is 1150. The van der Waals surface area contributed by atoms with Gasteiger partial charge in [0.15, 0.2) is 5.01 Å². The molecule has 2 heterocycles. The van der Waals surface area contributed by atoms with Gasteiger partial charge in [-0.1, -0.05) is 28.2 Å². The van der Waals surface area contributed by atoms with Gasteiger partial charge in [-0.15, -0.1) is 15.3 Å². The van der Waals surface area contributed by atoms with Gasteiger partial charge < -0.3 is 4.74 Å². The first-order valence-electron chi connectivity index (χ1n) is 8.52. The molecular formula is C19H15ClN6O2S. The van der Waals surface area contributed by atoms with Crippen molar-refractivity contribution in [1.82, 2.24) is 25.2 Å². The fourth-order valence-electron chi connectivity index (χ4n) is 2.64. The molecule has 10 heteroatoms. The van der Waals surface area contributed by atoms with Gasteiger partial charge in [-0.3, -0.25) is 10.1 Å². The molecular weight excluding hydrogens is 412 g/mol. The minimum atomic E-state index is -0.281. The zero-order valence-electron chi connectivity index (χ0n) is 15.5. The Labute approximate surface area is 175 Å². The van der Waals surface area contributed by atoms with Gasteiger partial charge in [-0.25, -0.2) is 4.68 Å². The van der Waals surface area contributed by atoms with E-state index in [-0.39, 0.29) is 5.91 Å². The molecule has 1 amide bonds. The molecule has 0 fully saturated rings. The van der Waals surface area contributed by atoms with Crippen molar-refractivity contribution >= 4 is 34.0 Å². The molecule has 0 spiro atoms. The molecule has 0 aliphatic heterocycles. The number of carbonyl (C=O) groups excluding carboxylic acids is 1. The summed E-state index contributed by atoms with van der Waals surface area (Å²) >= 11 is 7.17. The van der Waals surface area contributed by atoms with Gasteiger partial charge >= 0.3 is 0 Å². The van der Waals surface area contributed by atoms with E-state index in [9.17, 15) is 4.79 Å². The number of halogens is 1. The third kappa shape index (κ3) is 3.96. The van der Waals surface area contributed by atoms with Crippen LogP contribution in [0.1, 0.15) is 16.1 Å². The van der Waals surface area contributed by atoms with Crippen molar-refractivity contribution in [2.45, 2.75) is 6.92 Å². The fraction of sp³-hybridized carbons (Fsp3) is 0.105. The molecule has 2 aromatic carbocycles. The van der Waals surface area contributed by atoms with Crippen LogP contribution in [-0.2, 0) is 0 Å². The molecule has 29 heavy (non-hydrogen) atoms.